The number of aliphatic hydroxyl groups excluding tert-OH is 1. The van der Waals surface area contributed by atoms with E-state index in [2.05, 4.69) is 5.32 Å². The number of aliphatic hydroxyl groups is 1. The topological polar surface area (TPSA) is 75.6 Å². The van der Waals surface area contributed by atoms with Crippen LogP contribution in [-0.4, -0.2) is 33.7 Å². The number of halogens is 3. The molecular weight excluding hydrogens is 493 g/mol. The van der Waals surface area contributed by atoms with E-state index in [1.54, 1.807) is 42.5 Å². The number of hydrogen-bond donors (Lipinski definition) is 2. The molecule has 0 aliphatic rings. The molecule has 0 radical (unpaired) electrons. The average molecular weight is 517 g/mol. The molecule has 0 saturated carbocycles. The van der Waals surface area contributed by atoms with Crippen LogP contribution in [0.3, 0.4) is 0 Å². The fraction of sp³-hybridized carbons (Fsp3) is 0.217. The monoisotopic (exact) mass is 515 g/mol. The third-order valence-corrected chi connectivity index (χ3v) is 7.20. The van der Waals surface area contributed by atoms with Crippen molar-refractivity contribution in [2.75, 3.05) is 20.2 Å². The van der Waals surface area contributed by atoms with E-state index in [0.29, 0.717) is 35.3 Å². The Hall–Kier alpha value is -1.80. The molecule has 0 bridgehead atoms. The number of hydrogen-bond acceptors (Lipinski definition) is 5. The zero-order chi connectivity index (χ0) is 22.4. The Balaban J connectivity index is 0.00000363. The van der Waals surface area contributed by atoms with Gasteiger partial charge in [0.25, 0.3) is 0 Å². The highest BCUT2D eigenvalue weighted by atomic mass is 35.5. The van der Waals surface area contributed by atoms with Crippen molar-refractivity contribution in [3.8, 4) is 5.75 Å². The molecule has 0 saturated heterocycles. The molecule has 0 fully saturated rings. The fourth-order valence-corrected chi connectivity index (χ4v) is 4.91. The molecule has 32 heavy (non-hydrogen) atoms. The van der Waals surface area contributed by atoms with Crippen LogP contribution in [0.2, 0.25) is 10.0 Å². The first kappa shape index (κ1) is 26.5. The molecule has 0 heterocycles. The molecule has 3 aromatic rings. The summed E-state index contributed by atoms with van der Waals surface area (Å²) in [6.45, 7) is 0.934. The van der Waals surface area contributed by atoms with Crippen LogP contribution in [0.1, 0.15) is 17.2 Å². The van der Waals surface area contributed by atoms with E-state index in [1.807, 2.05) is 6.07 Å². The summed E-state index contributed by atoms with van der Waals surface area (Å²) in [7, 11) is -2.15. The smallest absolute Gasteiger partial charge is 0.206 e. The standard InChI is InChI=1S/C23H23Cl2NO4S.ClH/c1-30-19-6-9-20(10-7-19)31(28,29)21-8-5-16(22(25)14-21)11-12-26-15-23(27)17-3-2-4-18(24)13-17;/h2-10,13-14,23,26-27H,11-12,15H2,1H3;1H/t23-;/m0./s1. The van der Waals surface area contributed by atoms with Crippen LogP contribution < -0.4 is 10.1 Å². The molecule has 5 nitrogen and oxygen atoms in total. The van der Waals surface area contributed by atoms with Gasteiger partial charge in [0.15, 0.2) is 0 Å². The summed E-state index contributed by atoms with van der Waals surface area (Å²) in [5.41, 5.74) is 1.56. The van der Waals surface area contributed by atoms with E-state index in [-0.39, 0.29) is 22.2 Å². The van der Waals surface area contributed by atoms with E-state index in [4.69, 9.17) is 27.9 Å². The maximum atomic E-state index is 12.8. The Morgan fingerprint density at radius 3 is 2.31 bits per heavy atom. The summed E-state index contributed by atoms with van der Waals surface area (Å²) >= 11 is 12.3. The maximum Gasteiger partial charge on any atom is 0.206 e. The van der Waals surface area contributed by atoms with E-state index in [9.17, 15) is 13.5 Å². The minimum Gasteiger partial charge on any atom is -0.497 e. The number of methoxy groups -OCH3 is 1. The van der Waals surface area contributed by atoms with Gasteiger partial charge in [-0.3, -0.25) is 0 Å². The Morgan fingerprint density at radius 1 is 1.00 bits per heavy atom. The minimum absolute atomic E-state index is 0. The van der Waals surface area contributed by atoms with Gasteiger partial charge in [-0.25, -0.2) is 8.42 Å². The SMILES string of the molecule is COc1ccc(S(=O)(=O)c2ccc(CCNC[C@H](O)c3cccc(Cl)c3)c(Cl)c2)cc1.Cl. The second kappa shape index (κ2) is 11.9. The minimum atomic E-state index is -3.67. The van der Waals surface area contributed by atoms with E-state index in [1.165, 1.54) is 25.3 Å². The highest BCUT2D eigenvalue weighted by Crippen LogP contribution is 2.27. The van der Waals surface area contributed by atoms with Crippen molar-refractivity contribution in [3.63, 3.8) is 0 Å². The second-order valence-electron chi connectivity index (χ2n) is 6.96. The molecular formula is C23H24Cl3NO4S. The molecule has 0 unspecified atom stereocenters. The van der Waals surface area contributed by atoms with Crippen LogP contribution in [0.4, 0.5) is 0 Å². The molecule has 1 atom stereocenters. The van der Waals surface area contributed by atoms with Crippen LogP contribution in [0.15, 0.2) is 76.5 Å². The van der Waals surface area contributed by atoms with Crippen LogP contribution in [0, 0.1) is 0 Å². The van der Waals surface area contributed by atoms with Crippen molar-refractivity contribution >= 4 is 45.4 Å². The number of benzene rings is 3. The molecule has 2 N–H and O–H groups in total. The first-order valence-electron chi connectivity index (χ1n) is 9.63. The van der Waals surface area contributed by atoms with Crippen molar-refractivity contribution in [1.82, 2.24) is 5.32 Å². The number of ether oxygens (including phenoxy) is 1. The predicted molar refractivity (Wildman–Crippen MR) is 130 cm³/mol. The van der Waals surface area contributed by atoms with Crippen molar-refractivity contribution in [2.45, 2.75) is 22.3 Å². The normalized spacial score (nSPS) is 12.1. The summed E-state index contributed by atoms with van der Waals surface area (Å²) in [6, 6.07) is 18.1. The summed E-state index contributed by atoms with van der Waals surface area (Å²) in [5.74, 6) is 0.584. The molecule has 172 valence electrons. The first-order valence-corrected chi connectivity index (χ1v) is 11.9. The molecule has 3 rings (SSSR count). The molecule has 0 amide bonds. The number of sulfone groups is 1. The molecule has 3 aromatic carbocycles. The average Bonchev–Trinajstić information content (AvgIpc) is 2.77. The van der Waals surface area contributed by atoms with Crippen molar-refractivity contribution in [3.05, 3.63) is 87.9 Å². The van der Waals surface area contributed by atoms with Gasteiger partial charge < -0.3 is 15.2 Å². The van der Waals surface area contributed by atoms with Gasteiger partial charge in [-0.2, -0.15) is 0 Å². The third-order valence-electron chi connectivity index (χ3n) is 4.85. The van der Waals surface area contributed by atoms with Crippen molar-refractivity contribution < 1.29 is 18.3 Å². The Bertz CT molecular complexity index is 1140. The van der Waals surface area contributed by atoms with Crippen LogP contribution in [-0.2, 0) is 16.3 Å². The van der Waals surface area contributed by atoms with Gasteiger partial charge in [-0.15, -0.1) is 12.4 Å². The van der Waals surface area contributed by atoms with Gasteiger partial charge in [-0.1, -0.05) is 41.4 Å². The van der Waals surface area contributed by atoms with Crippen molar-refractivity contribution in [1.29, 1.82) is 0 Å². The summed E-state index contributed by atoms with van der Waals surface area (Å²) in [5, 5.41) is 14.4. The van der Waals surface area contributed by atoms with Gasteiger partial charge in [0.05, 0.1) is 23.0 Å². The Labute approximate surface area is 204 Å². The van der Waals surface area contributed by atoms with Gasteiger partial charge in [0, 0.05) is 16.6 Å². The molecule has 9 heteroatoms. The zero-order valence-corrected chi connectivity index (χ0v) is 20.4. The Morgan fingerprint density at radius 2 is 1.69 bits per heavy atom. The predicted octanol–water partition coefficient (Wildman–Crippen LogP) is 5.12. The van der Waals surface area contributed by atoms with Crippen LogP contribution in [0.5, 0.6) is 5.75 Å². The van der Waals surface area contributed by atoms with Gasteiger partial charge in [0.1, 0.15) is 5.75 Å². The molecule has 0 spiro atoms. The van der Waals surface area contributed by atoms with Crippen LogP contribution >= 0.6 is 35.6 Å². The van der Waals surface area contributed by atoms with E-state index >= 15 is 0 Å². The largest absolute Gasteiger partial charge is 0.497 e. The van der Waals surface area contributed by atoms with Gasteiger partial charge in [-0.05, 0) is 72.6 Å². The summed E-state index contributed by atoms with van der Waals surface area (Å²) in [6.07, 6.45) is -0.0876. The number of nitrogens with one attached hydrogen (secondary N) is 1. The van der Waals surface area contributed by atoms with E-state index in [0.717, 1.165) is 11.1 Å². The molecule has 0 aliphatic carbocycles. The quantitative estimate of drug-likeness (QED) is 0.386. The Kier molecular flexibility index (Phi) is 9.83. The highest BCUT2D eigenvalue weighted by Gasteiger charge is 2.19. The zero-order valence-electron chi connectivity index (χ0n) is 17.3. The number of rotatable bonds is 9. The van der Waals surface area contributed by atoms with Gasteiger partial charge in [0.2, 0.25) is 9.84 Å². The van der Waals surface area contributed by atoms with Gasteiger partial charge >= 0.3 is 0 Å². The first-order chi connectivity index (χ1) is 14.8. The summed E-state index contributed by atoms with van der Waals surface area (Å²) < 4.78 is 30.8. The third kappa shape index (κ3) is 6.61. The molecule has 0 aliphatic heterocycles. The van der Waals surface area contributed by atoms with Crippen LogP contribution in [0.25, 0.3) is 0 Å². The summed E-state index contributed by atoms with van der Waals surface area (Å²) in [4.78, 5) is 0.310. The lowest BCUT2D eigenvalue weighted by Crippen LogP contribution is -2.23. The lowest BCUT2D eigenvalue weighted by Gasteiger charge is -2.13. The second-order valence-corrected chi connectivity index (χ2v) is 9.75. The molecule has 0 aromatic heterocycles. The lowest BCUT2D eigenvalue weighted by atomic mass is 10.1. The lowest BCUT2D eigenvalue weighted by molar-refractivity contribution is 0.175. The van der Waals surface area contributed by atoms with Crippen molar-refractivity contribution in [2.24, 2.45) is 0 Å². The highest BCUT2D eigenvalue weighted by molar-refractivity contribution is 7.91. The maximum absolute atomic E-state index is 12.8. The van der Waals surface area contributed by atoms with E-state index < -0.39 is 15.9 Å². The fourth-order valence-electron chi connectivity index (χ4n) is 3.08.